The number of nitrogens with zero attached hydrogens (tertiary/aromatic N) is 3. The van der Waals surface area contributed by atoms with Crippen molar-refractivity contribution in [2.45, 2.75) is 0 Å². The zero-order valence-electron chi connectivity index (χ0n) is 26.6. The highest BCUT2D eigenvalue weighted by molar-refractivity contribution is 6.41. The highest BCUT2D eigenvalue weighted by Gasteiger charge is 2.29. The Morgan fingerprint density at radius 1 is 0.245 bits per heavy atom. The van der Waals surface area contributed by atoms with Crippen molar-refractivity contribution < 1.29 is 0 Å². The molecule has 49 heavy (non-hydrogen) atoms. The van der Waals surface area contributed by atoms with Crippen molar-refractivity contribution in [1.29, 1.82) is 0 Å². The minimum absolute atomic E-state index is 1.15. The third-order valence-corrected chi connectivity index (χ3v) is 10.4. The van der Waals surface area contributed by atoms with Crippen molar-refractivity contribution in [1.82, 2.24) is 13.7 Å². The van der Waals surface area contributed by atoms with Crippen LogP contribution >= 0.6 is 0 Å². The van der Waals surface area contributed by atoms with Crippen molar-refractivity contribution >= 4 is 76.2 Å². The van der Waals surface area contributed by atoms with Gasteiger partial charge in [-0.3, -0.25) is 0 Å². The highest BCUT2D eigenvalue weighted by Crippen LogP contribution is 2.50. The molecule has 0 saturated heterocycles. The topological polar surface area (TPSA) is 14.8 Å². The predicted molar refractivity (Wildman–Crippen MR) is 207 cm³/mol. The third-order valence-electron chi connectivity index (χ3n) is 10.4. The van der Waals surface area contributed by atoms with Crippen LogP contribution in [0.25, 0.3) is 93.3 Å². The summed E-state index contributed by atoms with van der Waals surface area (Å²) in [6.07, 6.45) is 0. The lowest BCUT2D eigenvalue weighted by atomic mass is 10.0. The van der Waals surface area contributed by atoms with E-state index in [9.17, 15) is 0 Å². The molecule has 0 atom stereocenters. The number of rotatable bonds is 3. The Morgan fingerprint density at radius 3 is 1.16 bits per heavy atom. The molecule has 0 fully saturated rings. The first-order valence-corrected chi connectivity index (χ1v) is 16.9. The molecule has 3 heteroatoms. The van der Waals surface area contributed by atoms with Crippen LogP contribution in [0.3, 0.4) is 0 Å². The van der Waals surface area contributed by atoms with E-state index in [2.05, 4.69) is 190 Å². The van der Waals surface area contributed by atoms with E-state index in [1.54, 1.807) is 0 Å². The zero-order chi connectivity index (χ0) is 32.1. The molecule has 3 heterocycles. The smallest absolute Gasteiger partial charge is 0.0663 e. The van der Waals surface area contributed by atoms with Crippen LogP contribution in [-0.2, 0) is 0 Å². The monoisotopic (exact) mass is 623 g/mol. The average Bonchev–Trinajstić information content (AvgIpc) is 3.82. The SMILES string of the molecule is c1ccc(-n2c3ccccc3c3c2c2c4ccc5ccccc5c4n(-c4ccccc4)c2c2c4ccccc4n(-c4ccccc4)c32)cc1. The molecule has 0 aliphatic rings. The van der Waals surface area contributed by atoms with Crippen molar-refractivity contribution in [2.75, 3.05) is 0 Å². The standard InChI is InChI=1S/C46H29N3/c1-4-17-31(18-5-1)47-39-27-15-13-25-36(39)41-44(47)40-35-24-12-14-26-38(35)48(32-19-6-2-7-20-32)45(40)42-37-29-28-30-16-10-11-23-34(30)43(37)49(46(41)42)33-21-8-3-9-22-33/h1-29H. The summed E-state index contributed by atoms with van der Waals surface area (Å²) in [5, 5.41) is 10.0. The Kier molecular flexibility index (Phi) is 5.38. The van der Waals surface area contributed by atoms with E-state index < -0.39 is 0 Å². The van der Waals surface area contributed by atoms with Crippen LogP contribution < -0.4 is 0 Å². The fourth-order valence-corrected chi connectivity index (χ4v) is 8.48. The predicted octanol–water partition coefficient (Wildman–Crippen LogP) is 12.1. The van der Waals surface area contributed by atoms with Crippen LogP contribution in [0.5, 0.6) is 0 Å². The maximum atomic E-state index is 2.55. The molecule has 228 valence electrons. The molecule has 0 spiro atoms. The first kappa shape index (κ1) is 26.5. The summed E-state index contributed by atoms with van der Waals surface area (Å²) in [5.41, 5.74) is 10.8. The quantitative estimate of drug-likeness (QED) is 0.186. The molecular weight excluding hydrogens is 595 g/mol. The fraction of sp³-hybridized carbons (Fsp3) is 0. The van der Waals surface area contributed by atoms with Gasteiger partial charge in [-0.2, -0.15) is 0 Å². The van der Waals surface area contributed by atoms with E-state index in [0.29, 0.717) is 0 Å². The first-order valence-electron chi connectivity index (χ1n) is 16.9. The van der Waals surface area contributed by atoms with E-state index in [-0.39, 0.29) is 0 Å². The summed E-state index contributed by atoms with van der Waals surface area (Å²) in [7, 11) is 0. The summed E-state index contributed by atoms with van der Waals surface area (Å²) in [6, 6.07) is 64.0. The molecule has 0 N–H and O–H groups in total. The van der Waals surface area contributed by atoms with Crippen LogP contribution in [0.1, 0.15) is 0 Å². The Morgan fingerprint density at radius 2 is 0.633 bits per heavy atom. The van der Waals surface area contributed by atoms with Gasteiger partial charge in [-0.15, -0.1) is 0 Å². The summed E-state index contributed by atoms with van der Waals surface area (Å²) in [5.74, 6) is 0. The van der Waals surface area contributed by atoms with Crippen LogP contribution in [0, 0.1) is 0 Å². The van der Waals surface area contributed by atoms with E-state index in [4.69, 9.17) is 0 Å². The molecule has 3 nitrogen and oxygen atoms in total. The molecule has 0 amide bonds. The number of fused-ring (bicyclic) bond motifs is 14. The molecule has 11 aromatic rings. The van der Waals surface area contributed by atoms with Gasteiger partial charge in [-0.25, -0.2) is 0 Å². The number of hydrogen-bond donors (Lipinski definition) is 0. The van der Waals surface area contributed by atoms with E-state index in [1.165, 1.54) is 76.2 Å². The molecule has 0 radical (unpaired) electrons. The van der Waals surface area contributed by atoms with Gasteiger partial charge in [0.1, 0.15) is 0 Å². The Bertz CT molecular complexity index is 3070. The molecule has 3 aromatic heterocycles. The molecule has 11 rings (SSSR count). The fourth-order valence-electron chi connectivity index (χ4n) is 8.48. The lowest BCUT2D eigenvalue weighted by Gasteiger charge is -2.13. The molecule has 0 bridgehead atoms. The number of hydrogen-bond acceptors (Lipinski definition) is 0. The van der Waals surface area contributed by atoms with Gasteiger partial charge in [0.15, 0.2) is 0 Å². The first-order chi connectivity index (χ1) is 24.4. The van der Waals surface area contributed by atoms with Gasteiger partial charge in [-0.1, -0.05) is 127 Å². The second-order valence-electron chi connectivity index (χ2n) is 12.9. The lowest BCUT2D eigenvalue weighted by molar-refractivity contribution is 1.17. The molecule has 0 aliphatic carbocycles. The highest BCUT2D eigenvalue weighted by atomic mass is 15.0. The summed E-state index contributed by atoms with van der Waals surface area (Å²) < 4.78 is 7.55. The second-order valence-corrected chi connectivity index (χ2v) is 12.9. The summed E-state index contributed by atoms with van der Waals surface area (Å²) >= 11 is 0. The second kappa shape index (κ2) is 9.96. The minimum atomic E-state index is 1.15. The van der Waals surface area contributed by atoms with Gasteiger partial charge >= 0.3 is 0 Å². The number of benzene rings is 8. The van der Waals surface area contributed by atoms with Crippen molar-refractivity contribution in [3.63, 3.8) is 0 Å². The van der Waals surface area contributed by atoms with E-state index in [1.807, 2.05) is 0 Å². The molecular formula is C46H29N3. The van der Waals surface area contributed by atoms with Crippen molar-refractivity contribution in [3.05, 3.63) is 176 Å². The minimum Gasteiger partial charge on any atom is -0.308 e. The average molecular weight is 624 g/mol. The maximum absolute atomic E-state index is 2.55. The molecule has 0 saturated carbocycles. The molecule has 8 aromatic carbocycles. The summed E-state index contributed by atoms with van der Waals surface area (Å²) in [4.78, 5) is 0. The third kappa shape index (κ3) is 3.51. The largest absolute Gasteiger partial charge is 0.308 e. The van der Waals surface area contributed by atoms with E-state index in [0.717, 1.165) is 17.1 Å². The van der Waals surface area contributed by atoms with E-state index >= 15 is 0 Å². The van der Waals surface area contributed by atoms with Crippen LogP contribution in [0.4, 0.5) is 0 Å². The van der Waals surface area contributed by atoms with Gasteiger partial charge < -0.3 is 13.7 Å². The van der Waals surface area contributed by atoms with Gasteiger partial charge in [0.05, 0.1) is 33.1 Å². The Balaban J connectivity index is 1.57. The number of para-hydroxylation sites is 5. The van der Waals surface area contributed by atoms with Gasteiger partial charge in [0.25, 0.3) is 0 Å². The zero-order valence-corrected chi connectivity index (χ0v) is 26.6. The molecule has 0 aliphatic heterocycles. The van der Waals surface area contributed by atoms with Gasteiger partial charge in [0.2, 0.25) is 0 Å². The van der Waals surface area contributed by atoms with Crippen molar-refractivity contribution in [3.8, 4) is 17.1 Å². The lowest BCUT2D eigenvalue weighted by Crippen LogP contribution is -1.98. The van der Waals surface area contributed by atoms with Crippen LogP contribution in [-0.4, -0.2) is 13.7 Å². The summed E-state index contributed by atoms with van der Waals surface area (Å²) in [6.45, 7) is 0. The Labute approximate surface area is 282 Å². The maximum Gasteiger partial charge on any atom is 0.0663 e. The molecule has 0 unspecified atom stereocenters. The van der Waals surface area contributed by atoms with Crippen LogP contribution in [0.2, 0.25) is 0 Å². The van der Waals surface area contributed by atoms with Gasteiger partial charge in [-0.05, 0) is 53.9 Å². The number of aromatic nitrogens is 3. The van der Waals surface area contributed by atoms with Gasteiger partial charge in [0, 0.05) is 54.8 Å². The van der Waals surface area contributed by atoms with Crippen molar-refractivity contribution in [2.24, 2.45) is 0 Å². The van der Waals surface area contributed by atoms with Crippen LogP contribution in [0.15, 0.2) is 176 Å². The Hall–Kier alpha value is -6.58. The normalized spacial score (nSPS) is 12.1.